The van der Waals surface area contributed by atoms with Crippen molar-refractivity contribution in [3.05, 3.63) is 59.9 Å². The number of halogens is 1. The molecule has 0 spiro atoms. The molecule has 0 saturated heterocycles. The fourth-order valence-electron chi connectivity index (χ4n) is 1.37. The van der Waals surface area contributed by atoms with E-state index in [1.54, 1.807) is 17.8 Å². The van der Waals surface area contributed by atoms with Crippen LogP contribution in [0.3, 0.4) is 0 Å². The van der Waals surface area contributed by atoms with Gasteiger partial charge in [0.15, 0.2) is 0 Å². The van der Waals surface area contributed by atoms with E-state index in [9.17, 15) is 4.39 Å². The Morgan fingerprint density at radius 3 is 2.56 bits per heavy atom. The van der Waals surface area contributed by atoms with Crippen molar-refractivity contribution in [2.24, 2.45) is 0 Å². The van der Waals surface area contributed by atoms with E-state index in [1.165, 1.54) is 17.7 Å². The van der Waals surface area contributed by atoms with Gasteiger partial charge in [-0.25, -0.2) is 4.39 Å². The minimum absolute atomic E-state index is 0.246. The molecule has 3 heteroatoms. The normalized spacial score (nSPS) is 10.3. The van der Waals surface area contributed by atoms with Crippen LogP contribution in [0.1, 0.15) is 5.56 Å². The molecule has 16 heavy (non-hydrogen) atoms. The summed E-state index contributed by atoms with van der Waals surface area (Å²) in [4.78, 5) is 0.795. The van der Waals surface area contributed by atoms with E-state index in [0.717, 1.165) is 10.6 Å². The summed E-state index contributed by atoms with van der Waals surface area (Å²) in [6, 6.07) is 14.5. The highest BCUT2D eigenvalue weighted by Gasteiger charge is 2.02. The fraction of sp³-hybridized carbons (Fsp3) is 0.0769. The Balaban J connectivity index is 2.08. The van der Waals surface area contributed by atoms with Crippen LogP contribution in [0.4, 0.5) is 10.1 Å². The predicted octanol–water partition coefficient (Wildman–Crippen LogP) is 3.70. The van der Waals surface area contributed by atoms with Gasteiger partial charge in [0.05, 0.1) is 0 Å². The summed E-state index contributed by atoms with van der Waals surface area (Å²) in [5, 5.41) is 0. The summed E-state index contributed by atoms with van der Waals surface area (Å²) in [5.74, 6) is 0.555. The van der Waals surface area contributed by atoms with E-state index in [2.05, 4.69) is 0 Å². The third-order valence-corrected chi connectivity index (χ3v) is 3.36. The molecule has 0 aromatic heterocycles. The largest absolute Gasteiger partial charge is 0.398 e. The molecule has 0 fully saturated rings. The lowest BCUT2D eigenvalue weighted by atomic mass is 10.2. The molecule has 0 heterocycles. The molecule has 0 bridgehead atoms. The van der Waals surface area contributed by atoms with Crippen LogP contribution in [0.5, 0.6) is 0 Å². The summed E-state index contributed by atoms with van der Waals surface area (Å²) >= 11 is 1.55. The molecule has 1 nitrogen and oxygen atoms in total. The molecule has 2 rings (SSSR count). The van der Waals surface area contributed by atoms with Crippen molar-refractivity contribution in [3.63, 3.8) is 0 Å². The highest BCUT2D eigenvalue weighted by Crippen LogP contribution is 2.28. The zero-order valence-electron chi connectivity index (χ0n) is 8.69. The smallest absolute Gasteiger partial charge is 0.124 e. The first-order chi connectivity index (χ1) is 7.75. The summed E-state index contributed by atoms with van der Waals surface area (Å²) in [7, 11) is 0. The maximum absolute atomic E-state index is 13.0. The van der Waals surface area contributed by atoms with Crippen LogP contribution in [0, 0.1) is 5.82 Å². The van der Waals surface area contributed by atoms with Gasteiger partial charge in [0.25, 0.3) is 0 Å². The Bertz CT molecular complexity index is 471. The van der Waals surface area contributed by atoms with E-state index in [0.29, 0.717) is 5.69 Å². The molecular weight excluding hydrogens is 221 g/mol. The number of rotatable bonds is 3. The minimum Gasteiger partial charge on any atom is -0.398 e. The Morgan fingerprint density at radius 1 is 1.06 bits per heavy atom. The van der Waals surface area contributed by atoms with Crippen LogP contribution in [0.15, 0.2) is 53.4 Å². The highest BCUT2D eigenvalue weighted by atomic mass is 32.2. The quantitative estimate of drug-likeness (QED) is 0.646. The predicted molar refractivity (Wildman–Crippen MR) is 66.8 cm³/mol. The highest BCUT2D eigenvalue weighted by molar-refractivity contribution is 7.98. The van der Waals surface area contributed by atoms with Gasteiger partial charge in [0.2, 0.25) is 0 Å². The third-order valence-electron chi connectivity index (χ3n) is 2.21. The second kappa shape index (κ2) is 5.03. The number of thioether (sulfide) groups is 1. The lowest BCUT2D eigenvalue weighted by Gasteiger charge is -2.05. The van der Waals surface area contributed by atoms with Gasteiger partial charge in [-0.2, -0.15) is 0 Å². The molecule has 2 aromatic carbocycles. The number of hydrogen-bond acceptors (Lipinski definition) is 2. The van der Waals surface area contributed by atoms with E-state index in [-0.39, 0.29) is 5.82 Å². The summed E-state index contributed by atoms with van der Waals surface area (Å²) in [6.45, 7) is 0. The lowest BCUT2D eigenvalue weighted by Crippen LogP contribution is -1.90. The van der Waals surface area contributed by atoms with Crippen molar-refractivity contribution in [3.8, 4) is 0 Å². The number of nitrogens with two attached hydrogens (primary N) is 1. The van der Waals surface area contributed by atoms with Gasteiger partial charge < -0.3 is 5.73 Å². The second-order valence-corrected chi connectivity index (χ2v) is 4.47. The number of anilines is 1. The average Bonchev–Trinajstić information content (AvgIpc) is 2.32. The van der Waals surface area contributed by atoms with Crippen LogP contribution in [0.2, 0.25) is 0 Å². The Labute approximate surface area is 98.5 Å². The van der Waals surface area contributed by atoms with Crippen molar-refractivity contribution in [2.45, 2.75) is 10.6 Å². The van der Waals surface area contributed by atoms with Crippen molar-refractivity contribution in [1.29, 1.82) is 0 Å². The minimum atomic E-state index is -0.246. The van der Waals surface area contributed by atoms with E-state index in [1.807, 2.05) is 30.3 Å². The first-order valence-electron chi connectivity index (χ1n) is 4.97. The molecule has 0 aliphatic rings. The Hall–Kier alpha value is -1.48. The number of nitrogen functional groups attached to an aromatic ring is 1. The zero-order chi connectivity index (χ0) is 11.4. The van der Waals surface area contributed by atoms with Crippen molar-refractivity contribution in [1.82, 2.24) is 0 Å². The third kappa shape index (κ3) is 2.76. The lowest BCUT2D eigenvalue weighted by molar-refractivity contribution is 0.624. The van der Waals surface area contributed by atoms with E-state index in [4.69, 9.17) is 5.73 Å². The van der Waals surface area contributed by atoms with Crippen LogP contribution in [-0.2, 0) is 5.75 Å². The van der Waals surface area contributed by atoms with Crippen LogP contribution < -0.4 is 5.73 Å². The standard InChI is InChI=1S/C13H12FNS/c14-11-6-7-12(15)13(8-11)16-9-10-4-2-1-3-5-10/h1-8H,9,15H2. The van der Waals surface area contributed by atoms with Gasteiger partial charge in [-0.15, -0.1) is 11.8 Å². The molecule has 2 aromatic rings. The molecular formula is C13H12FNS. The van der Waals surface area contributed by atoms with Gasteiger partial charge >= 0.3 is 0 Å². The van der Waals surface area contributed by atoms with Crippen LogP contribution >= 0.6 is 11.8 Å². The Morgan fingerprint density at radius 2 is 1.81 bits per heavy atom. The Kier molecular flexibility index (Phi) is 3.47. The van der Waals surface area contributed by atoms with Gasteiger partial charge in [0.1, 0.15) is 5.82 Å². The van der Waals surface area contributed by atoms with Crippen LogP contribution in [0.25, 0.3) is 0 Å². The van der Waals surface area contributed by atoms with Crippen LogP contribution in [-0.4, -0.2) is 0 Å². The van der Waals surface area contributed by atoms with Crippen molar-refractivity contribution >= 4 is 17.4 Å². The summed E-state index contributed by atoms with van der Waals surface area (Å²) in [6.07, 6.45) is 0. The van der Waals surface area contributed by atoms with Crippen molar-refractivity contribution in [2.75, 3.05) is 5.73 Å². The topological polar surface area (TPSA) is 26.0 Å². The van der Waals surface area contributed by atoms with E-state index < -0.39 is 0 Å². The summed E-state index contributed by atoms with van der Waals surface area (Å²) < 4.78 is 13.0. The summed E-state index contributed by atoms with van der Waals surface area (Å²) in [5.41, 5.74) is 7.60. The van der Waals surface area contributed by atoms with Gasteiger partial charge in [-0.3, -0.25) is 0 Å². The molecule has 82 valence electrons. The maximum Gasteiger partial charge on any atom is 0.124 e. The van der Waals surface area contributed by atoms with Gasteiger partial charge in [-0.1, -0.05) is 30.3 Å². The maximum atomic E-state index is 13.0. The molecule has 0 amide bonds. The zero-order valence-corrected chi connectivity index (χ0v) is 9.51. The molecule has 0 aliphatic carbocycles. The second-order valence-electron chi connectivity index (χ2n) is 3.46. The number of hydrogen-bond donors (Lipinski definition) is 1. The number of benzene rings is 2. The molecule has 2 N–H and O–H groups in total. The van der Waals surface area contributed by atoms with Crippen molar-refractivity contribution < 1.29 is 4.39 Å². The SMILES string of the molecule is Nc1ccc(F)cc1SCc1ccccc1. The molecule has 0 unspecified atom stereocenters. The molecule has 0 radical (unpaired) electrons. The average molecular weight is 233 g/mol. The van der Waals surface area contributed by atoms with Gasteiger partial charge in [0, 0.05) is 16.3 Å². The van der Waals surface area contributed by atoms with E-state index >= 15 is 0 Å². The monoisotopic (exact) mass is 233 g/mol. The molecule has 0 saturated carbocycles. The first kappa shape index (κ1) is 11.0. The molecule has 0 aliphatic heterocycles. The molecule has 0 atom stereocenters. The van der Waals surface area contributed by atoms with Gasteiger partial charge in [-0.05, 0) is 23.8 Å². The first-order valence-corrected chi connectivity index (χ1v) is 5.96. The fourth-order valence-corrected chi connectivity index (χ4v) is 2.31.